The van der Waals surface area contributed by atoms with Crippen LogP contribution in [0.25, 0.3) is 0 Å². The van der Waals surface area contributed by atoms with Crippen LogP contribution in [0.2, 0.25) is 0 Å². The molecular formula is C14H27N3O3S. The van der Waals surface area contributed by atoms with Gasteiger partial charge in [-0.2, -0.15) is 17.0 Å². The number of carbonyl (C=O) groups is 1. The monoisotopic (exact) mass is 317 g/mol. The summed E-state index contributed by atoms with van der Waals surface area (Å²) < 4.78 is 28.8. The summed E-state index contributed by atoms with van der Waals surface area (Å²) >= 11 is 0. The molecule has 1 unspecified atom stereocenters. The standard InChI is InChI=1S/C14H27N3O3S/c1-13(18)15-11-14-7-6-10-17(12-14)21(19,20)16-8-4-2-3-5-9-16/h14H,2-12H2,1H3,(H,15,18). The van der Waals surface area contributed by atoms with Crippen LogP contribution in [0.4, 0.5) is 0 Å². The number of amides is 1. The number of hydrogen-bond donors (Lipinski definition) is 1. The normalized spacial score (nSPS) is 26.2. The minimum Gasteiger partial charge on any atom is -0.356 e. The van der Waals surface area contributed by atoms with Crippen LogP contribution in [0, 0.1) is 5.92 Å². The number of nitrogens with zero attached hydrogens (tertiary/aromatic N) is 2. The van der Waals surface area contributed by atoms with Crippen molar-refractivity contribution in [1.29, 1.82) is 0 Å². The highest BCUT2D eigenvalue weighted by molar-refractivity contribution is 7.86. The summed E-state index contributed by atoms with van der Waals surface area (Å²) in [6, 6.07) is 0. The number of carbonyl (C=O) groups excluding carboxylic acids is 1. The van der Waals surface area contributed by atoms with Crippen LogP contribution < -0.4 is 5.32 Å². The molecule has 0 bridgehead atoms. The van der Waals surface area contributed by atoms with Crippen LogP contribution in [0.1, 0.15) is 45.4 Å². The van der Waals surface area contributed by atoms with Gasteiger partial charge in [0.25, 0.3) is 10.2 Å². The summed E-state index contributed by atoms with van der Waals surface area (Å²) in [4.78, 5) is 11.0. The van der Waals surface area contributed by atoms with Gasteiger partial charge in [-0.3, -0.25) is 4.79 Å². The van der Waals surface area contributed by atoms with Crippen LogP contribution in [0.3, 0.4) is 0 Å². The summed E-state index contributed by atoms with van der Waals surface area (Å²) in [7, 11) is -3.33. The molecule has 1 amide bonds. The Balaban J connectivity index is 1.96. The van der Waals surface area contributed by atoms with E-state index in [-0.39, 0.29) is 11.8 Å². The molecule has 0 spiro atoms. The van der Waals surface area contributed by atoms with E-state index in [0.29, 0.717) is 32.7 Å². The Morgan fingerprint density at radius 1 is 1.05 bits per heavy atom. The van der Waals surface area contributed by atoms with Gasteiger partial charge in [0.05, 0.1) is 0 Å². The second-order valence-corrected chi connectivity index (χ2v) is 8.05. The molecule has 7 heteroatoms. The van der Waals surface area contributed by atoms with Crippen LogP contribution in [-0.4, -0.2) is 55.7 Å². The molecular weight excluding hydrogens is 290 g/mol. The zero-order valence-electron chi connectivity index (χ0n) is 12.9. The highest BCUT2D eigenvalue weighted by atomic mass is 32.2. The van der Waals surface area contributed by atoms with Gasteiger partial charge >= 0.3 is 0 Å². The first-order valence-corrected chi connectivity index (χ1v) is 9.39. The van der Waals surface area contributed by atoms with Crippen molar-refractivity contribution in [3.8, 4) is 0 Å². The molecule has 2 fully saturated rings. The lowest BCUT2D eigenvalue weighted by molar-refractivity contribution is -0.119. The zero-order valence-corrected chi connectivity index (χ0v) is 13.7. The highest BCUT2D eigenvalue weighted by Crippen LogP contribution is 2.22. The molecule has 0 aliphatic carbocycles. The maximum atomic E-state index is 12.7. The van der Waals surface area contributed by atoms with Crippen molar-refractivity contribution >= 4 is 16.1 Å². The van der Waals surface area contributed by atoms with E-state index in [9.17, 15) is 13.2 Å². The van der Waals surface area contributed by atoms with E-state index in [0.717, 1.165) is 38.5 Å². The summed E-state index contributed by atoms with van der Waals surface area (Å²) in [6.45, 7) is 4.49. The Labute approximate surface area is 128 Å². The molecule has 2 aliphatic heterocycles. The predicted molar refractivity (Wildman–Crippen MR) is 81.9 cm³/mol. The third kappa shape index (κ3) is 4.66. The molecule has 2 saturated heterocycles. The number of piperidine rings is 1. The summed E-state index contributed by atoms with van der Waals surface area (Å²) in [5, 5.41) is 2.80. The van der Waals surface area contributed by atoms with Gasteiger partial charge in [-0.15, -0.1) is 0 Å². The van der Waals surface area contributed by atoms with Crippen LogP contribution >= 0.6 is 0 Å². The number of hydrogen-bond acceptors (Lipinski definition) is 3. The lowest BCUT2D eigenvalue weighted by atomic mass is 10.00. The number of rotatable bonds is 4. The van der Waals surface area contributed by atoms with Gasteiger partial charge in [-0.25, -0.2) is 0 Å². The van der Waals surface area contributed by atoms with Crippen molar-refractivity contribution in [2.24, 2.45) is 5.92 Å². The van der Waals surface area contributed by atoms with Crippen molar-refractivity contribution < 1.29 is 13.2 Å². The van der Waals surface area contributed by atoms with Gasteiger partial charge in [0.15, 0.2) is 0 Å². The molecule has 0 radical (unpaired) electrons. The first kappa shape index (κ1) is 16.7. The third-order valence-electron chi connectivity index (χ3n) is 4.34. The Bertz CT molecular complexity index is 444. The van der Waals surface area contributed by atoms with Gasteiger partial charge in [0, 0.05) is 39.6 Å². The van der Waals surface area contributed by atoms with Crippen molar-refractivity contribution in [3.63, 3.8) is 0 Å². The molecule has 122 valence electrons. The molecule has 0 aromatic heterocycles. The molecule has 0 aromatic carbocycles. The maximum Gasteiger partial charge on any atom is 0.281 e. The summed E-state index contributed by atoms with van der Waals surface area (Å²) in [5.41, 5.74) is 0. The second-order valence-electron chi connectivity index (χ2n) is 6.12. The molecule has 2 heterocycles. The first-order valence-electron chi connectivity index (χ1n) is 8.00. The van der Waals surface area contributed by atoms with Gasteiger partial charge in [0.2, 0.25) is 5.91 Å². The van der Waals surface area contributed by atoms with Crippen LogP contribution in [0.5, 0.6) is 0 Å². The molecule has 2 aliphatic rings. The molecule has 2 rings (SSSR count). The van der Waals surface area contributed by atoms with Gasteiger partial charge in [-0.05, 0) is 31.6 Å². The lowest BCUT2D eigenvalue weighted by Crippen LogP contribution is -2.49. The average molecular weight is 317 g/mol. The topological polar surface area (TPSA) is 69.7 Å². The highest BCUT2D eigenvalue weighted by Gasteiger charge is 2.33. The van der Waals surface area contributed by atoms with Gasteiger partial charge in [-0.1, -0.05) is 12.8 Å². The van der Waals surface area contributed by atoms with Gasteiger partial charge < -0.3 is 5.32 Å². The largest absolute Gasteiger partial charge is 0.356 e. The second kappa shape index (κ2) is 7.56. The fourth-order valence-electron chi connectivity index (χ4n) is 3.13. The predicted octanol–water partition coefficient (Wildman–Crippen LogP) is 0.955. The smallest absolute Gasteiger partial charge is 0.281 e. The van der Waals surface area contributed by atoms with E-state index in [4.69, 9.17) is 0 Å². The minimum absolute atomic E-state index is 0.0532. The van der Waals surface area contributed by atoms with Crippen LogP contribution in [0.15, 0.2) is 0 Å². The Morgan fingerprint density at radius 2 is 1.67 bits per heavy atom. The molecule has 1 N–H and O–H groups in total. The maximum absolute atomic E-state index is 12.7. The molecule has 21 heavy (non-hydrogen) atoms. The average Bonchev–Trinajstić information content (AvgIpc) is 2.75. The molecule has 0 aromatic rings. The number of nitrogens with one attached hydrogen (secondary N) is 1. The minimum atomic E-state index is -3.33. The zero-order chi connectivity index (χ0) is 15.3. The molecule has 1 atom stereocenters. The first-order chi connectivity index (χ1) is 10.00. The van der Waals surface area contributed by atoms with Crippen molar-refractivity contribution in [1.82, 2.24) is 13.9 Å². The molecule has 0 saturated carbocycles. The van der Waals surface area contributed by atoms with Crippen molar-refractivity contribution in [2.45, 2.75) is 45.4 Å². The third-order valence-corrected chi connectivity index (χ3v) is 6.34. The fourth-order valence-corrected chi connectivity index (χ4v) is 4.93. The van der Waals surface area contributed by atoms with E-state index in [2.05, 4.69) is 5.32 Å². The Hall–Kier alpha value is -0.660. The van der Waals surface area contributed by atoms with E-state index in [1.165, 1.54) is 6.92 Å². The van der Waals surface area contributed by atoms with Gasteiger partial charge in [0.1, 0.15) is 0 Å². The quantitative estimate of drug-likeness (QED) is 0.839. The summed E-state index contributed by atoms with van der Waals surface area (Å²) in [6.07, 6.45) is 6.02. The Morgan fingerprint density at radius 3 is 2.29 bits per heavy atom. The fraction of sp³-hybridized carbons (Fsp3) is 0.929. The van der Waals surface area contributed by atoms with Crippen LogP contribution in [-0.2, 0) is 15.0 Å². The van der Waals surface area contributed by atoms with Crippen molar-refractivity contribution in [3.05, 3.63) is 0 Å². The van der Waals surface area contributed by atoms with E-state index >= 15 is 0 Å². The lowest BCUT2D eigenvalue weighted by Gasteiger charge is -2.35. The SMILES string of the molecule is CC(=O)NCC1CCCN(S(=O)(=O)N2CCCCCC2)C1. The summed E-state index contributed by atoms with van der Waals surface area (Å²) in [5.74, 6) is 0.173. The molecule has 6 nitrogen and oxygen atoms in total. The Kier molecular flexibility index (Phi) is 6.01. The van der Waals surface area contributed by atoms with E-state index in [1.54, 1.807) is 8.61 Å². The van der Waals surface area contributed by atoms with E-state index in [1.807, 2.05) is 0 Å². The van der Waals surface area contributed by atoms with Crippen molar-refractivity contribution in [2.75, 3.05) is 32.7 Å². The van der Waals surface area contributed by atoms with E-state index < -0.39 is 10.2 Å².